The monoisotopic (exact) mass is 480 g/mol. The summed E-state index contributed by atoms with van der Waals surface area (Å²) in [6, 6.07) is 22.1. The van der Waals surface area contributed by atoms with Crippen LogP contribution in [0.15, 0.2) is 72.8 Å². The van der Waals surface area contributed by atoms with Crippen molar-refractivity contribution in [3.05, 3.63) is 89.7 Å². The number of aryl methyl sites for hydroxylation is 1. The van der Waals surface area contributed by atoms with Crippen LogP contribution in [0.2, 0.25) is 0 Å². The Kier molecular flexibility index (Phi) is 5.36. The number of rotatable bonds is 3. The van der Waals surface area contributed by atoms with Gasteiger partial charge in [0.25, 0.3) is 5.91 Å². The molecule has 1 saturated heterocycles. The van der Waals surface area contributed by atoms with Crippen LogP contribution in [0.5, 0.6) is 0 Å². The number of nitrogens with zero attached hydrogens (tertiary/aromatic N) is 6. The first-order chi connectivity index (χ1) is 17.5. The smallest absolute Gasteiger partial charge is 0.257 e. The zero-order valence-corrected chi connectivity index (χ0v) is 20.1. The summed E-state index contributed by atoms with van der Waals surface area (Å²) in [5.74, 6) is 0.665. The molecule has 180 valence electrons. The summed E-state index contributed by atoms with van der Waals surface area (Å²) >= 11 is 0. The van der Waals surface area contributed by atoms with E-state index in [9.17, 15) is 9.18 Å². The number of carbonyl (C=O) groups is 1. The van der Waals surface area contributed by atoms with Gasteiger partial charge >= 0.3 is 0 Å². The largest absolute Gasteiger partial charge is 0.338 e. The summed E-state index contributed by atoms with van der Waals surface area (Å²) in [6.07, 6.45) is 0. The molecule has 0 saturated carbocycles. The van der Waals surface area contributed by atoms with Crippen LogP contribution in [0.25, 0.3) is 27.9 Å². The van der Waals surface area contributed by atoms with Gasteiger partial charge in [0.2, 0.25) is 5.95 Å². The maximum atomic E-state index is 14.3. The highest BCUT2D eigenvalue weighted by atomic mass is 19.1. The van der Waals surface area contributed by atoms with Crippen molar-refractivity contribution in [3.63, 3.8) is 0 Å². The molecule has 5 aromatic rings. The molecule has 1 aliphatic rings. The van der Waals surface area contributed by atoms with Crippen LogP contribution >= 0.6 is 0 Å². The van der Waals surface area contributed by atoms with Gasteiger partial charge in [-0.3, -0.25) is 4.79 Å². The van der Waals surface area contributed by atoms with Crippen molar-refractivity contribution in [1.82, 2.24) is 24.5 Å². The summed E-state index contributed by atoms with van der Waals surface area (Å²) in [7, 11) is 0. The van der Waals surface area contributed by atoms with E-state index in [1.54, 1.807) is 17.0 Å². The number of hydrogen-bond acceptors (Lipinski definition) is 5. The summed E-state index contributed by atoms with van der Waals surface area (Å²) in [5, 5.41) is 10.0. The molecule has 0 aliphatic carbocycles. The molecule has 7 nitrogen and oxygen atoms in total. The lowest BCUT2D eigenvalue weighted by Crippen LogP contribution is -2.54. The first-order valence-electron chi connectivity index (χ1n) is 12.0. The molecule has 8 heteroatoms. The molecule has 1 unspecified atom stereocenters. The van der Waals surface area contributed by atoms with Crippen molar-refractivity contribution in [3.8, 4) is 11.4 Å². The first-order valence-corrected chi connectivity index (χ1v) is 12.0. The molecule has 3 aromatic carbocycles. The van der Waals surface area contributed by atoms with E-state index in [4.69, 9.17) is 4.98 Å². The van der Waals surface area contributed by atoms with Gasteiger partial charge in [-0.15, -0.1) is 10.2 Å². The summed E-state index contributed by atoms with van der Waals surface area (Å²) < 4.78 is 16.3. The number of carbonyl (C=O) groups excluding carboxylic acids is 1. The molecule has 0 bridgehead atoms. The molecule has 1 aliphatic heterocycles. The number of aromatic nitrogens is 4. The zero-order valence-electron chi connectivity index (χ0n) is 20.1. The minimum absolute atomic E-state index is 0.101. The van der Waals surface area contributed by atoms with Crippen LogP contribution in [0, 0.1) is 12.7 Å². The van der Waals surface area contributed by atoms with Crippen LogP contribution in [0.4, 0.5) is 10.3 Å². The number of anilines is 1. The van der Waals surface area contributed by atoms with Crippen LogP contribution in [0.3, 0.4) is 0 Å². The topological polar surface area (TPSA) is 66.6 Å². The quantitative estimate of drug-likeness (QED) is 0.373. The Morgan fingerprint density at radius 3 is 2.58 bits per heavy atom. The molecule has 2 aromatic heterocycles. The van der Waals surface area contributed by atoms with Crippen molar-refractivity contribution >= 4 is 28.4 Å². The molecule has 1 fully saturated rings. The summed E-state index contributed by atoms with van der Waals surface area (Å²) in [5.41, 5.74) is 3.77. The number of hydrogen-bond donors (Lipinski definition) is 0. The zero-order chi connectivity index (χ0) is 24.8. The molecule has 3 heterocycles. The molecule has 1 amide bonds. The van der Waals surface area contributed by atoms with Crippen LogP contribution < -0.4 is 4.90 Å². The van der Waals surface area contributed by atoms with Crippen molar-refractivity contribution < 1.29 is 9.18 Å². The van der Waals surface area contributed by atoms with E-state index < -0.39 is 5.82 Å². The van der Waals surface area contributed by atoms with E-state index >= 15 is 0 Å². The summed E-state index contributed by atoms with van der Waals surface area (Å²) in [4.78, 5) is 22.0. The second-order valence-corrected chi connectivity index (χ2v) is 9.25. The fourth-order valence-corrected chi connectivity index (χ4v) is 4.98. The molecule has 36 heavy (non-hydrogen) atoms. The lowest BCUT2D eigenvalue weighted by atomic mass is 10.1. The Balaban J connectivity index is 1.42. The van der Waals surface area contributed by atoms with Crippen LogP contribution in [-0.4, -0.2) is 56.1 Å². The molecular formula is C28H25FN6O. The lowest BCUT2D eigenvalue weighted by molar-refractivity contribution is 0.0668. The van der Waals surface area contributed by atoms with Crippen molar-refractivity contribution in [1.29, 1.82) is 0 Å². The third-order valence-corrected chi connectivity index (χ3v) is 6.78. The highest BCUT2D eigenvalue weighted by Gasteiger charge is 2.31. The molecule has 0 spiro atoms. The molecule has 6 rings (SSSR count). The third-order valence-electron chi connectivity index (χ3n) is 6.78. The number of halogens is 1. The predicted octanol–water partition coefficient (Wildman–Crippen LogP) is 4.74. The molecule has 1 atom stereocenters. The Bertz CT molecular complexity index is 1610. The highest BCUT2D eigenvalue weighted by Crippen LogP contribution is 2.30. The van der Waals surface area contributed by atoms with E-state index in [0.717, 1.165) is 39.4 Å². The maximum Gasteiger partial charge on any atom is 0.257 e. The van der Waals surface area contributed by atoms with Crippen LogP contribution in [0.1, 0.15) is 22.8 Å². The van der Waals surface area contributed by atoms with E-state index in [0.29, 0.717) is 19.6 Å². The van der Waals surface area contributed by atoms with Crippen LogP contribution in [-0.2, 0) is 0 Å². The SMILES string of the molecule is Cc1cccc(-c2nnc3c4ccccc4nc(N4CCN(C(=O)c5ccccc5F)C(C)C4)n23)c1. The standard InChI is InChI=1S/C28H25FN6O/c1-18-8-7-9-20(16-18)25-31-32-26-22-11-4-6-13-24(22)30-28(35(25)26)33-14-15-34(19(2)17-33)27(36)21-10-3-5-12-23(21)29/h3-13,16,19H,14-15,17H2,1-2H3. The Morgan fingerprint density at radius 2 is 1.78 bits per heavy atom. The van der Waals surface area contributed by atoms with Gasteiger partial charge in [0, 0.05) is 36.6 Å². The third kappa shape index (κ3) is 3.66. The minimum Gasteiger partial charge on any atom is -0.338 e. The minimum atomic E-state index is -0.498. The van der Waals surface area contributed by atoms with Gasteiger partial charge in [0.15, 0.2) is 11.5 Å². The fraction of sp³-hybridized carbons (Fsp3) is 0.214. The number of benzene rings is 3. The second-order valence-electron chi connectivity index (χ2n) is 9.25. The normalized spacial score (nSPS) is 16.1. The number of amides is 1. The van der Waals surface area contributed by atoms with E-state index in [2.05, 4.69) is 34.2 Å². The fourth-order valence-electron chi connectivity index (χ4n) is 4.98. The maximum absolute atomic E-state index is 14.3. The van der Waals surface area contributed by atoms with E-state index in [1.165, 1.54) is 12.1 Å². The van der Waals surface area contributed by atoms with Gasteiger partial charge in [-0.05, 0) is 44.2 Å². The number of piperazine rings is 1. The molecule has 0 radical (unpaired) electrons. The van der Waals surface area contributed by atoms with Gasteiger partial charge in [-0.2, -0.15) is 0 Å². The average molecular weight is 481 g/mol. The van der Waals surface area contributed by atoms with Gasteiger partial charge in [-0.25, -0.2) is 13.8 Å². The lowest BCUT2D eigenvalue weighted by Gasteiger charge is -2.40. The van der Waals surface area contributed by atoms with Gasteiger partial charge in [-0.1, -0.05) is 48.0 Å². The Morgan fingerprint density at radius 1 is 0.972 bits per heavy atom. The van der Waals surface area contributed by atoms with Gasteiger partial charge in [0.1, 0.15) is 5.82 Å². The Labute approximate surface area is 207 Å². The number of para-hydroxylation sites is 1. The predicted molar refractivity (Wildman–Crippen MR) is 138 cm³/mol. The van der Waals surface area contributed by atoms with Crippen molar-refractivity contribution in [2.75, 3.05) is 24.5 Å². The van der Waals surface area contributed by atoms with Crippen molar-refractivity contribution in [2.45, 2.75) is 19.9 Å². The molecule has 0 N–H and O–H groups in total. The number of fused-ring (bicyclic) bond motifs is 3. The second kappa shape index (κ2) is 8.71. The Hall–Kier alpha value is -4.33. The van der Waals surface area contributed by atoms with Gasteiger partial charge < -0.3 is 9.80 Å². The summed E-state index contributed by atoms with van der Waals surface area (Å²) in [6.45, 7) is 5.58. The first kappa shape index (κ1) is 22.2. The van der Waals surface area contributed by atoms with E-state index in [-0.39, 0.29) is 17.5 Å². The van der Waals surface area contributed by atoms with Gasteiger partial charge in [0.05, 0.1) is 11.1 Å². The van der Waals surface area contributed by atoms with Crippen molar-refractivity contribution in [2.24, 2.45) is 0 Å². The highest BCUT2D eigenvalue weighted by molar-refractivity contribution is 5.95. The average Bonchev–Trinajstić information content (AvgIpc) is 3.34. The molecular weight excluding hydrogens is 455 g/mol. The van der Waals surface area contributed by atoms with E-state index in [1.807, 2.05) is 47.7 Å².